The summed E-state index contributed by atoms with van der Waals surface area (Å²) < 4.78 is 44.3. The second-order valence-electron chi connectivity index (χ2n) is 6.93. The number of furan rings is 1. The van der Waals surface area contributed by atoms with E-state index in [0.29, 0.717) is 31.5 Å². The van der Waals surface area contributed by atoms with Crippen molar-refractivity contribution in [1.29, 1.82) is 0 Å². The predicted molar refractivity (Wildman–Crippen MR) is 95.3 cm³/mol. The first-order valence-electron chi connectivity index (χ1n) is 8.99. The summed E-state index contributed by atoms with van der Waals surface area (Å²) in [5.41, 5.74) is -0.195. The Labute approximate surface area is 160 Å². The fourth-order valence-corrected chi connectivity index (χ4v) is 3.48. The first-order valence-corrected chi connectivity index (χ1v) is 8.99. The number of carbonyl (C=O) groups excluding carboxylic acids is 2. The van der Waals surface area contributed by atoms with E-state index < -0.39 is 11.7 Å². The number of likely N-dealkylation sites (tertiary alicyclic amines) is 1. The van der Waals surface area contributed by atoms with Crippen molar-refractivity contribution in [3.05, 3.63) is 59.5 Å². The summed E-state index contributed by atoms with van der Waals surface area (Å²) in [6.45, 7) is 0.740. The molecule has 2 heterocycles. The van der Waals surface area contributed by atoms with Crippen LogP contribution in [-0.2, 0) is 17.5 Å². The van der Waals surface area contributed by atoms with Gasteiger partial charge in [0.1, 0.15) is 6.26 Å². The number of piperidine rings is 1. The number of hydrogen-bond donors (Lipinski definition) is 0. The highest BCUT2D eigenvalue weighted by Crippen LogP contribution is 2.32. The molecule has 0 radical (unpaired) electrons. The van der Waals surface area contributed by atoms with Gasteiger partial charge in [-0.3, -0.25) is 9.59 Å². The average Bonchev–Trinajstić information content (AvgIpc) is 3.21. The maximum atomic E-state index is 13.1. The second-order valence-corrected chi connectivity index (χ2v) is 6.93. The Kier molecular flexibility index (Phi) is 5.76. The molecule has 0 aliphatic carbocycles. The molecule has 2 aromatic rings. The van der Waals surface area contributed by atoms with E-state index in [9.17, 15) is 22.8 Å². The topological polar surface area (TPSA) is 53.8 Å². The Balaban J connectivity index is 1.59. The van der Waals surface area contributed by atoms with E-state index in [4.69, 9.17) is 4.42 Å². The van der Waals surface area contributed by atoms with E-state index in [2.05, 4.69) is 0 Å². The quantitative estimate of drug-likeness (QED) is 0.793. The van der Waals surface area contributed by atoms with Crippen LogP contribution in [0.4, 0.5) is 13.2 Å². The molecule has 28 heavy (non-hydrogen) atoms. The van der Waals surface area contributed by atoms with Crippen LogP contribution < -0.4 is 0 Å². The summed E-state index contributed by atoms with van der Waals surface area (Å²) in [4.78, 5) is 28.0. The highest BCUT2D eigenvalue weighted by atomic mass is 19.4. The van der Waals surface area contributed by atoms with Crippen molar-refractivity contribution >= 4 is 11.8 Å². The third-order valence-corrected chi connectivity index (χ3v) is 5.01. The van der Waals surface area contributed by atoms with Gasteiger partial charge in [0, 0.05) is 32.6 Å². The SMILES string of the molecule is CN(Cc1ccccc1C(F)(F)F)C(=O)C1CCN(C(=O)c2ccoc2)CC1. The summed E-state index contributed by atoms with van der Waals surface area (Å²) in [6.07, 6.45) is -0.691. The zero-order valence-electron chi connectivity index (χ0n) is 15.4. The third-order valence-electron chi connectivity index (χ3n) is 5.01. The summed E-state index contributed by atoms with van der Waals surface area (Å²) in [5, 5.41) is 0. The molecular weight excluding hydrogens is 373 g/mol. The van der Waals surface area contributed by atoms with E-state index in [1.165, 1.54) is 42.7 Å². The molecule has 0 spiro atoms. The Morgan fingerprint density at radius 3 is 2.46 bits per heavy atom. The Morgan fingerprint density at radius 1 is 1.18 bits per heavy atom. The highest BCUT2D eigenvalue weighted by Gasteiger charge is 2.34. The molecule has 1 saturated heterocycles. The third kappa shape index (κ3) is 4.37. The van der Waals surface area contributed by atoms with Gasteiger partial charge in [-0.2, -0.15) is 13.2 Å². The summed E-state index contributed by atoms with van der Waals surface area (Å²) in [7, 11) is 1.51. The van der Waals surface area contributed by atoms with Crippen molar-refractivity contribution < 1.29 is 27.2 Å². The zero-order valence-corrected chi connectivity index (χ0v) is 15.4. The Morgan fingerprint density at radius 2 is 1.86 bits per heavy atom. The Hall–Kier alpha value is -2.77. The van der Waals surface area contributed by atoms with Crippen LogP contribution in [0.5, 0.6) is 0 Å². The van der Waals surface area contributed by atoms with Gasteiger partial charge < -0.3 is 14.2 Å². The van der Waals surface area contributed by atoms with Crippen LogP contribution >= 0.6 is 0 Å². The molecule has 2 amide bonds. The van der Waals surface area contributed by atoms with Crippen LogP contribution in [0.25, 0.3) is 0 Å². The van der Waals surface area contributed by atoms with Crippen LogP contribution in [0.15, 0.2) is 47.3 Å². The van der Waals surface area contributed by atoms with Crippen LogP contribution in [0.2, 0.25) is 0 Å². The van der Waals surface area contributed by atoms with E-state index in [-0.39, 0.29) is 29.8 Å². The summed E-state index contributed by atoms with van der Waals surface area (Å²) in [5.74, 6) is -0.657. The molecule has 1 aromatic carbocycles. The molecule has 1 aliphatic heterocycles. The lowest BCUT2D eigenvalue weighted by Gasteiger charge is -2.33. The van der Waals surface area contributed by atoms with Gasteiger partial charge in [0.25, 0.3) is 5.91 Å². The molecule has 1 aliphatic rings. The minimum Gasteiger partial charge on any atom is -0.472 e. The molecule has 0 bridgehead atoms. The molecule has 3 rings (SSSR count). The highest BCUT2D eigenvalue weighted by molar-refractivity contribution is 5.94. The van der Waals surface area contributed by atoms with Crippen molar-refractivity contribution in [1.82, 2.24) is 9.80 Å². The smallest absolute Gasteiger partial charge is 0.416 e. The maximum Gasteiger partial charge on any atom is 0.416 e. The van der Waals surface area contributed by atoms with Crippen molar-refractivity contribution in [3.8, 4) is 0 Å². The molecule has 5 nitrogen and oxygen atoms in total. The number of hydrogen-bond acceptors (Lipinski definition) is 3. The van der Waals surface area contributed by atoms with E-state index in [1.54, 1.807) is 11.0 Å². The zero-order chi connectivity index (χ0) is 20.3. The first-order chi connectivity index (χ1) is 13.3. The van der Waals surface area contributed by atoms with Crippen LogP contribution in [0.3, 0.4) is 0 Å². The van der Waals surface area contributed by atoms with Gasteiger partial charge in [0.2, 0.25) is 5.91 Å². The molecular formula is C20H21F3N2O3. The fraction of sp³-hybridized carbons (Fsp3) is 0.400. The van der Waals surface area contributed by atoms with Crippen LogP contribution in [0.1, 0.15) is 34.3 Å². The number of rotatable bonds is 4. The fourth-order valence-electron chi connectivity index (χ4n) is 3.48. The first kappa shape index (κ1) is 20.0. The molecule has 0 saturated carbocycles. The van der Waals surface area contributed by atoms with Gasteiger partial charge >= 0.3 is 6.18 Å². The maximum absolute atomic E-state index is 13.1. The van der Waals surface area contributed by atoms with Gasteiger partial charge in [0.15, 0.2) is 0 Å². The minimum atomic E-state index is -4.46. The lowest BCUT2D eigenvalue weighted by Crippen LogP contribution is -2.43. The van der Waals surface area contributed by atoms with Crippen molar-refractivity contribution in [2.45, 2.75) is 25.6 Å². The molecule has 8 heteroatoms. The van der Waals surface area contributed by atoms with Gasteiger partial charge in [-0.15, -0.1) is 0 Å². The monoisotopic (exact) mass is 394 g/mol. The van der Waals surface area contributed by atoms with Gasteiger partial charge in [-0.05, 0) is 30.5 Å². The largest absolute Gasteiger partial charge is 0.472 e. The van der Waals surface area contributed by atoms with Gasteiger partial charge in [0.05, 0.1) is 17.4 Å². The molecule has 0 N–H and O–H groups in total. The van der Waals surface area contributed by atoms with Crippen LogP contribution in [0, 0.1) is 5.92 Å². The number of benzene rings is 1. The van der Waals surface area contributed by atoms with Gasteiger partial charge in [-0.25, -0.2) is 0 Å². The molecule has 1 aromatic heterocycles. The average molecular weight is 394 g/mol. The lowest BCUT2D eigenvalue weighted by atomic mass is 9.94. The Bertz CT molecular complexity index is 825. The number of carbonyl (C=O) groups is 2. The standard InChI is InChI=1S/C20H21F3N2O3/c1-24(12-15-4-2-3-5-17(15)20(21,22)23)18(26)14-6-9-25(10-7-14)19(27)16-8-11-28-13-16/h2-5,8,11,13-14H,6-7,9-10,12H2,1H3. The lowest BCUT2D eigenvalue weighted by molar-refractivity contribution is -0.140. The minimum absolute atomic E-state index is 0.0680. The predicted octanol–water partition coefficient (Wildman–Crippen LogP) is 3.81. The molecule has 1 fully saturated rings. The normalized spacial score (nSPS) is 15.5. The summed E-state index contributed by atoms with van der Waals surface area (Å²) in [6, 6.07) is 6.86. The van der Waals surface area contributed by atoms with E-state index >= 15 is 0 Å². The number of nitrogens with zero attached hydrogens (tertiary/aromatic N) is 2. The van der Waals surface area contributed by atoms with Crippen molar-refractivity contribution in [2.75, 3.05) is 20.1 Å². The molecule has 150 valence electrons. The molecule has 0 unspecified atom stereocenters. The van der Waals surface area contributed by atoms with Crippen molar-refractivity contribution in [2.24, 2.45) is 5.92 Å². The van der Waals surface area contributed by atoms with Crippen molar-refractivity contribution in [3.63, 3.8) is 0 Å². The number of amides is 2. The van der Waals surface area contributed by atoms with Crippen LogP contribution in [-0.4, -0.2) is 41.8 Å². The second kappa shape index (κ2) is 8.08. The number of halogens is 3. The van der Waals surface area contributed by atoms with E-state index in [1.807, 2.05) is 0 Å². The summed E-state index contributed by atoms with van der Waals surface area (Å²) >= 11 is 0. The van der Waals surface area contributed by atoms with E-state index in [0.717, 1.165) is 6.07 Å². The number of alkyl halides is 3. The van der Waals surface area contributed by atoms with Gasteiger partial charge in [-0.1, -0.05) is 18.2 Å². The molecule has 0 atom stereocenters.